The van der Waals surface area contributed by atoms with E-state index in [-0.39, 0.29) is 12.0 Å². The van der Waals surface area contributed by atoms with Gasteiger partial charge in [0.2, 0.25) is 5.91 Å². The van der Waals surface area contributed by atoms with Crippen molar-refractivity contribution in [3.8, 4) is 5.75 Å². The van der Waals surface area contributed by atoms with Crippen LogP contribution in [0.3, 0.4) is 0 Å². The van der Waals surface area contributed by atoms with E-state index in [1.807, 2.05) is 45.4 Å². The van der Waals surface area contributed by atoms with Crippen LogP contribution in [0.4, 0.5) is 5.69 Å². The second-order valence-electron chi connectivity index (χ2n) is 7.38. The van der Waals surface area contributed by atoms with Gasteiger partial charge in [-0.15, -0.1) is 0 Å². The Morgan fingerprint density at radius 3 is 2.62 bits per heavy atom. The topological polar surface area (TPSA) is 58.6 Å². The van der Waals surface area contributed by atoms with Gasteiger partial charge in [-0.1, -0.05) is 23.9 Å². The van der Waals surface area contributed by atoms with E-state index < -0.39 is 0 Å². The number of ether oxygens (including phenoxy) is 1. The van der Waals surface area contributed by atoms with Crippen LogP contribution in [0.25, 0.3) is 0 Å². The summed E-state index contributed by atoms with van der Waals surface area (Å²) in [6.45, 7) is 8.40. The zero-order valence-electron chi connectivity index (χ0n) is 17.9. The standard InChI is InChI=1S/C22H30N4O2S/c1-6-26-14-17(28-20-10-8-7-9-19(20)26)13-25(4)21(27)12-11-18-15(2)23-22(29-5)24-16(18)3/h7-10,17H,6,11-14H2,1-5H3/t17-/m1/s1. The van der Waals surface area contributed by atoms with E-state index in [1.54, 1.807) is 4.90 Å². The van der Waals surface area contributed by atoms with Gasteiger partial charge in [0.25, 0.3) is 0 Å². The number of rotatable bonds is 7. The van der Waals surface area contributed by atoms with Crippen molar-refractivity contribution in [2.45, 2.75) is 44.9 Å². The normalized spacial score (nSPS) is 15.6. The lowest BCUT2D eigenvalue weighted by molar-refractivity contribution is -0.130. The molecule has 1 aromatic carbocycles. The van der Waals surface area contributed by atoms with E-state index >= 15 is 0 Å². The van der Waals surface area contributed by atoms with Crippen LogP contribution in [0, 0.1) is 13.8 Å². The third kappa shape index (κ3) is 5.01. The minimum Gasteiger partial charge on any atom is -0.485 e. The van der Waals surface area contributed by atoms with Gasteiger partial charge in [0.05, 0.1) is 18.8 Å². The number of anilines is 1. The predicted molar refractivity (Wildman–Crippen MR) is 118 cm³/mol. The van der Waals surface area contributed by atoms with Crippen molar-refractivity contribution >= 4 is 23.4 Å². The van der Waals surface area contributed by atoms with Gasteiger partial charge in [-0.05, 0) is 51.1 Å². The fourth-order valence-corrected chi connectivity index (χ4v) is 4.22. The molecule has 0 saturated heterocycles. The maximum absolute atomic E-state index is 12.7. The average molecular weight is 415 g/mol. The number of fused-ring (bicyclic) bond motifs is 1. The number of hydrogen-bond acceptors (Lipinski definition) is 6. The van der Waals surface area contributed by atoms with Crippen molar-refractivity contribution in [3.63, 3.8) is 0 Å². The maximum Gasteiger partial charge on any atom is 0.222 e. The van der Waals surface area contributed by atoms with Crippen molar-refractivity contribution in [2.24, 2.45) is 0 Å². The molecule has 7 heteroatoms. The van der Waals surface area contributed by atoms with Gasteiger partial charge in [0, 0.05) is 31.4 Å². The highest BCUT2D eigenvalue weighted by Crippen LogP contribution is 2.32. The molecule has 0 fully saturated rings. The minimum atomic E-state index is -0.0357. The summed E-state index contributed by atoms with van der Waals surface area (Å²) < 4.78 is 6.15. The lowest BCUT2D eigenvalue weighted by Crippen LogP contribution is -2.46. The number of carbonyl (C=O) groups excluding carboxylic acids is 1. The molecule has 29 heavy (non-hydrogen) atoms. The summed E-state index contributed by atoms with van der Waals surface area (Å²) in [5.41, 5.74) is 4.12. The Morgan fingerprint density at radius 2 is 1.97 bits per heavy atom. The largest absolute Gasteiger partial charge is 0.485 e. The molecular formula is C22H30N4O2S. The zero-order chi connectivity index (χ0) is 21.0. The Balaban J connectivity index is 1.59. The second kappa shape index (κ2) is 9.48. The van der Waals surface area contributed by atoms with Gasteiger partial charge in [-0.25, -0.2) is 9.97 Å². The van der Waals surface area contributed by atoms with E-state index in [1.165, 1.54) is 11.8 Å². The number of thioether (sulfide) groups is 1. The summed E-state index contributed by atoms with van der Waals surface area (Å²) in [5, 5.41) is 0.780. The van der Waals surface area contributed by atoms with Crippen LogP contribution in [0.1, 0.15) is 30.3 Å². The number of nitrogens with zero attached hydrogens (tertiary/aromatic N) is 4. The van der Waals surface area contributed by atoms with E-state index in [0.717, 1.165) is 46.6 Å². The summed E-state index contributed by atoms with van der Waals surface area (Å²) in [4.78, 5) is 25.9. The summed E-state index contributed by atoms with van der Waals surface area (Å²) in [5.74, 6) is 1.01. The second-order valence-corrected chi connectivity index (χ2v) is 8.15. The van der Waals surface area contributed by atoms with Gasteiger partial charge in [-0.2, -0.15) is 0 Å². The quantitative estimate of drug-likeness (QED) is 0.511. The van der Waals surface area contributed by atoms with Crippen molar-refractivity contribution in [2.75, 3.05) is 37.8 Å². The van der Waals surface area contributed by atoms with Gasteiger partial charge in [-0.3, -0.25) is 4.79 Å². The number of carbonyl (C=O) groups is 1. The number of benzene rings is 1. The lowest BCUT2D eigenvalue weighted by Gasteiger charge is -2.37. The van der Waals surface area contributed by atoms with Crippen molar-refractivity contribution in [3.05, 3.63) is 41.2 Å². The third-order valence-electron chi connectivity index (χ3n) is 5.38. The van der Waals surface area contributed by atoms with Crippen molar-refractivity contribution in [1.82, 2.24) is 14.9 Å². The van der Waals surface area contributed by atoms with Gasteiger partial charge in [0.1, 0.15) is 11.9 Å². The summed E-state index contributed by atoms with van der Waals surface area (Å²) in [7, 11) is 1.86. The Kier molecular flexibility index (Phi) is 7.00. The number of likely N-dealkylation sites (N-methyl/N-ethyl adjacent to an activating group) is 2. The molecule has 1 aliphatic heterocycles. The SMILES string of the molecule is CCN1C[C@@H](CN(C)C(=O)CCc2c(C)nc(SC)nc2C)Oc2ccccc21. The first-order chi connectivity index (χ1) is 13.9. The van der Waals surface area contributed by atoms with E-state index in [2.05, 4.69) is 27.9 Å². The van der Waals surface area contributed by atoms with Crippen LogP contribution in [-0.2, 0) is 11.2 Å². The first-order valence-corrected chi connectivity index (χ1v) is 11.3. The molecule has 2 heterocycles. The number of hydrogen-bond donors (Lipinski definition) is 0. The Morgan fingerprint density at radius 1 is 1.28 bits per heavy atom. The minimum absolute atomic E-state index is 0.0357. The van der Waals surface area contributed by atoms with Gasteiger partial charge < -0.3 is 14.5 Å². The Bertz CT molecular complexity index is 851. The van der Waals surface area contributed by atoms with Gasteiger partial charge >= 0.3 is 0 Å². The summed E-state index contributed by atoms with van der Waals surface area (Å²) in [6, 6.07) is 8.09. The van der Waals surface area contributed by atoms with Crippen LogP contribution >= 0.6 is 11.8 Å². The highest BCUT2D eigenvalue weighted by molar-refractivity contribution is 7.98. The molecule has 0 bridgehead atoms. The van der Waals surface area contributed by atoms with Crippen LogP contribution in [0.15, 0.2) is 29.4 Å². The highest BCUT2D eigenvalue weighted by Gasteiger charge is 2.26. The van der Waals surface area contributed by atoms with Crippen LogP contribution < -0.4 is 9.64 Å². The first-order valence-electron chi connectivity index (χ1n) is 10.1. The molecular weight excluding hydrogens is 384 g/mol. The summed E-state index contributed by atoms with van der Waals surface area (Å²) in [6.07, 6.45) is 3.04. The fourth-order valence-electron chi connectivity index (χ4n) is 3.77. The molecule has 3 rings (SSSR count). The molecule has 1 aliphatic rings. The van der Waals surface area contributed by atoms with E-state index in [0.29, 0.717) is 19.4 Å². The molecule has 0 saturated carbocycles. The van der Waals surface area contributed by atoms with Crippen molar-refractivity contribution in [1.29, 1.82) is 0 Å². The predicted octanol–water partition coefficient (Wildman–Crippen LogP) is 3.49. The molecule has 0 N–H and O–H groups in total. The number of para-hydroxylation sites is 2. The molecule has 1 atom stereocenters. The first kappa shape index (κ1) is 21.4. The van der Waals surface area contributed by atoms with E-state index in [4.69, 9.17) is 4.74 Å². The average Bonchev–Trinajstić information content (AvgIpc) is 2.72. The van der Waals surface area contributed by atoms with E-state index in [9.17, 15) is 4.79 Å². The number of aromatic nitrogens is 2. The van der Waals surface area contributed by atoms with Crippen LogP contribution in [0.5, 0.6) is 5.75 Å². The highest BCUT2D eigenvalue weighted by atomic mass is 32.2. The fraction of sp³-hybridized carbons (Fsp3) is 0.500. The van der Waals surface area contributed by atoms with Crippen LogP contribution in [-0.4, -0.2) is 59.8 Å². The monoisotopic (exact) mass is 414 g/mol. The van der Waals surface area contributed by atoms with Crippen LogP contribution in [0.2, 0.25) is 0 Å². The molecule has 6 nitrogen and oxygen atoms in total. The molecule has 0 spiro atoms. The smallest absolute Gasteiger partial charge is 0.222 e. The third-order valence-corrected chi connectivity index (χ3v) is 5.93. The number of aryl methyl sites for hydroxylation is 2. The van der Waals surface area contributed by atoms with Gasteiger partial charge in [0.15, 0.2) is 5.16 Å². The maximum atomic E-state index is 12.7. The Hall–Kier alpha value is -2.28. The molecule has 1 amide bonds. The molecule has 0 unspecified atom stereocenters. The zero-order valence-corrected chi connectivity index (χ0v) is 18.8. The molecule has 1 aromatic heterocycles. The lowest BCUT2D eigenvalue weighted by atomic mass is 10.1. The molecule has 0 radical (unpaired) electrons. The molecule has 0 aliphatic carbocycles. The molecule has 2 aromatic rings. The summed E-state index contributed by atoms with van der Waals surface area (Å²) >= 11 is 1.54. The molecule has 156 valence electrons. The van der Waals surface area contributed by atoms with Crippen molar-refractivity contribution < 1.29 is 9.53 Å². The Labute approximate surface area is 177 Å². The number of amides is 1.